The largest absolute Gasteiger partial charge is 0.330 e. The first-order valence-electron chi connectivity index (χ1n) is 5.71. The zero-order chi connectivity index (χ0) is 11.4. The van der Waals surface area contributed by atoms with E-state index in [4.69, 9.17) is 5.73 Å². The monoisotopic (exact) mass is 214 g/mol. The van der Waals surface area contributed by atoms with Gasteiger partial charge in [0.05, 0.1) is 0 Å². The number of hydrogen-bond donors (Lipinski definition) is 2. The predicted octanol–water partition coefficient (Wildman–Crippen LogP) is 2.45. The summed E-state index contributed by atoms with van der Waals surface area (Å²) in [6, 6.07) is 15.4. The van der Waals surface area contributed by atoms with Crippen molar-refractivity contribution in [3.63, 3.8) is 0 Å². The highest BCUT2D eigenvalue weighted by atomic mass is 14.9. The molecule has 0 aliphatic heterocycles. The third-order valence-electron chi connectivity index (χ3n) is 2.98. The molecule has 0 saturated heterocycles. The van der Waals surface area contributed by atoms with Crippen molar-refractivity contribution in [1.82, 2.24) is 5.32 Å². The molecule has 0 heterocycles. The van der Waals surface area contributed by atoms with Gasteiger partial charge in [0, 0.05) is 6.04 Å². The Bertz CT molecular complexity index is 465. The van der Waals surface area contributed by atoms with Crippen LogP contribution in [0.25, 0.3) is 10.8 Å². The van der Waals surface area contributed by atoms with E-state index in [1.165, 1.54) is 16.3 Å². The summed E-state index contributed by atoms with van der Waals surface area (Å²) < 4.78 is 0. The van der Waals surface area contributed by atoms with E-state index in [0.29, 0.717) is 12.6 Å². The maximum absolute atomic E-state index is 5.61. The second-order valence-corrected chi connectivity index (χ2v) is 4.03. The first-order chi connectivity index (χ1) is 7.85. The van der Waals surface area contributed by atoms with Gasteiger partial charge in [-0.05, 0) is 42.4 Å². The van der Waals surface area contributed by atoms with Gasteiger partial charge in [-0.2, -0.15) is 0 Å². The first kappa shape index (κ1) is 11.1. The quantitative estimate of drug-likeness (QED) is 0.820. The lowest BCUT2D eigenvalue weighted by Gasteiger charge is -2.16. The van der Waals surface area contributed by atoms with Gasteiger partial charge in [-0.15, -0.1) is 0 Å². The molecular formula is C14H18N2. The number of benzene rings is 2. The van der Waals surface area contributed by atoms with E-state index in [2.05, 4.69) is 47.8 Å². The lowest BCUT2D eigenvalue weighted by atomic mass is 10.00. The van der Waals surface area contributed by atoms with Crippen LogP contribution in [0.3, 0.4) is 0 Å². The Morgan fingerprint density at radius 2 is 1.88 bits per heavy atom. The van der Waals surface area contributed by atoms with Crippen LogP contribution < -0.4 is 11.1 Å². The summed E-state index contributed by atoms with van der Waals surface area (Å²) in [6.45, 7) is 0.707. The van der Waals surface area contributed by atoms with Crippen LogP contribution in [0.1, 0.15) is 18.0 Å². The molecule has 2 rings (SSSR count). The second kappa shape index (κ2) is 5.10. The number of rotatable bonds is 4. The summed E-state index contributed by atoms with van der Waals surface area (Å²) in [4.78, 5) is 0. The molecule has 3 N–H and O–H groups in total. The molecule has 0 bridgehead atoms. The van der Waals surface area contributed by atoms with Gasteiger partial charge in [0.15, 0.2) is 0 Å². The zero-order valence-electron chi connectivity index (χ0n) is 9.61. The standard InChI is InChI=1S/C14H18N2/c1-16-14(8-9-15)13-7-6-11-4-2-3-5-12(11)10-13/h2-7,10,14,16H,8-9,15H2,1H3. The van der Waals surface area contributed by atoms with Crippen LogP contribution in [-0.4, -0.2) is 13.6 Å². The Morgan fingerprint density at radius 3 is 2.56 bits per heavy atom. The maximum atomic E-state index is 5.61. The summed E-state index contributed by atoms with van der Waals surface area (Å²) in [5.74, 6) is 0. The molecule has 1 atom stereocenters. The van der Waals surface area contributed by atoms with Crippen molar-refractivity contribution in [3.05, 3.63) is 48.0 Å². The summed E-state index contributed by atoms with van der Waals surface area (Å²) in [6.07, 6.45) is 0.967. The number of nitrogens with one attached hydrogen (secondary N) is 1. The maximum Gasteiger partial charge on any atom is 0.0329 e. The summed E-state index contributed by atoms with van der Waals surface area (Å²) in [7, 11) is 1.98. The molecule has 16 heavy (non-hydrogen) atoms. The van der Waals surface area contributed by atoms with E-state index in [9.17, 15) is 0 Å². The van der Waals surface area contributed by atoms with Crippen molar-refractivity contribution >= 4 is 10.8 Å². The van der Waals surface area contributed by atoms with E-state index in [0.717, 1.165) is 6.42 Å². The van der Waals surface area contributed by atoms with Crippen LogP contribution in [0.4, 0.5) is 0 Å². The SMILES string of the molecule is CNC(CCN)c1ccc2ccccc2c1. The molecule has 0 saturated carbocycles. The molecule has 2 aromatic rings. The lowest BCUT2D eigenvalue weighted by molar-refractivity contribution is 0.557. The molecule has 2 nitrogen and oxygen atoms in total. The van der Waals surface area contributed by atoms with E-state index in [1.54, 1.807) is 0 Å². The molecular weight excluding hydrogens is 196 g/mol. The Hall–Kier alpha value is -1.38. The molecule has 0 spiro atoms. The van der Waals surface area contributed by atoms with Crippen molar-refractivity contribution in [2.45, 2.75) is 12.5 Å². The van der Waals surface area contributed by atoms with Crippen LogP contribution in [0.5, 0.6) is 0 Å². The number of fused-ring (bicyclic) bond motifs is 1. The summed E-state index contributed by atoms with van der Waals surface area (Å²) in [5.41, 5.74) is 6.93. The third-order valence-corrected chi connectivity index (χ3v) is 2.98. The van der Waals surface area contributed by atoms with Gasteiger partial charge < -0.3 is 11.1 Å². The van der Waals surface area contributed by atoms with Crippen molar-refractivity contribution in [2.24, 2.45) is 5.73 Å². The number of hydrogen-bond acceptors (Lipinski definition) is 2. The van der Waals surface area contributed by atoms with Crippen molar-refractivity contribution in [1.29, 1.82) is 0 Å². The Labute approximate surface area is 96.5 Å². The summed E-state index contributed by atoms with van der Waals surface area (Å²) >= 11 is 0. The average molecular weight is 214 g/mol. The molecule has 0 amide bonds. The van der Waals surface area contributed by atoms with Gasteiger partial charge in [0.2, 0.25) is 0 Å². The van der Waals surface area contributed by atoms with Gasteiger partial charge in [0.25, 0.3) is 0 Å². The highest BCUT2D eigenvalue weighted by Gasteiger charge is 2.07. The number of nitrogens with two attached hydrogens (primary N) is 1. The third kappa shape index (κ3) is 2.23. The Morgan fingerprint density at radius 1 is 1.12 bits per heavy atom. The van der Waals surface area contributed by atoms with E-state index in [-0.39, 0.29) is 0 Å². The molecule has 1 unspecified atom stereocenters. The second-order valence-electron chi connectivity index (χ2n) is 4.03. The van der Waals surface area contributed by atoms with Crippen LogP contribution in [-0.2, 0) is 0 Å². The minimum atomic E-state index is 0.356. The van der Waals surface area contributed by atoms with Gasteiger partial charge in [-0.1, -0.05) is 36.4 Å². The minimum Gasteiger partial charge on any atom is -0.330 e. The first-order valence-corrected chi connectivity index (χ1v) is 5.71. The molecule has 84 valence electrons. The normalized spacial score (nSPS) is 12.9. The van der Waals surface area contributed by atoms with Crippen molar-refractivity contribution < 1.29 is 0 Å². The van der Waals surface area contributed by atoms with E-state index in [1.807, 2.05) is 7.05 Å². The Balaban J connectivity index is 2.37. The van der Waals surface area contributed by atoms with Gasteiger partial charge >= 0.3 is 0 Å². The highest BCUT2D eigenvalue weighted by Crippen LogP contribution is 2.21. The van der Waals surface area contributed by atoms with Crippen molar-refractivity contribution in [2.75, 3.05) is 13.6 Å². The van der Waals surface area contributed by atoms with E-state index < -0.39 is 0 Å². The summed E-state index contributed by atoms with van der Waals surface area (Å²) in [5, 5.41) is 5.88. The fraction of sp³-hybridized carbons (Fsp3) is 0.286. The molecule has 0 aliphatic rings. The van der Waals surface area contributed by atoms with Crippen LogP contribution in [0.2, 0.25) is 0 Å². The minimum absolute atomic E-state index is 0.356. The molecule has 2 heteroatoms. The molecule has 0 radical (unpaired) electrons. The fourth-order valence-electron chi connectivity index (χ4n) is 2.07. The van der Waals surface area contributed by atoms with Crippen LogP contribution >= 0.6 is 0 Å². The van der Waals surface area contributed by atoms with Gasteiger partial charge in [-0.3, -0.25) is 0 Å². The van der Waals surface area contributed by atoms with Gasteiger partial charge in [-0.25, -0.2) is 0 Å². The highest BCUT2D eigenvalue weighted by molar-refractivity contribution is 5.83. The van der Waals surface area contributed by atoms with Crippen LogP contribution in [0.15, 0.2) is 42.5 Å². The lowest BCUT2D eigenvalue weighted by Crippen LogP contribution is -2.19. The topological polar surface area (TPSA) is 38.0 Å². The fourth-order valence-corrected chi connectivity index (χ4v) is 2.07. The van der Waals surface area contributed by atoms with Crippen LogP contribution in [0, 0.1) is 0 Å². The molecule has 0 aliphatic carbocycles. The molecule has 0 aromatic heterocycles. The zero-order valence-corrected chi connectivity index (χ0v) is 9.61. The Kier molecular flexibility index (Phi) is 3.54. The average Bonchev–Trinajstić information content (AvgIpc) is 2.35. The van der Waals surface area contributed by atoms with E-state index >= 15 is 0 Å². The van der Waals surface area contributed by atoms with Crippen molar-refractivity contribution in [3.8, 4) is 0 Å². The molecule has 2 aromatic carbocycles. The van der Waals surface area contributed by atoms with Gasteiger partial charge in [0.1, 0.15) is 0 Å². The smallest absolute Gasteiger partial charge is 0.0329 e. The predicted molar refractivity (Wildman–Crippen MR) is 69.4 cm³/mol. The molecule has 0 fully saturated rings.